The zero-order valence-corrected chi connectivity index (χ0v) is 16.6. The van der Waals surface area contributed by atoms with Crippen LogP contribution in [-0.2, 0) is 6.54 Å². The third-order valence-electron chi connectivity index (χ3n) is 5.16. The molecule has 160 valence electrons. The highest BCUT2D eigenvalue weighted by atomic mass is 35.5. The molecular weight excluding hydrogens is 422 g/mol. The zero-order valence-electron chi connectivity index (χ0n) is 15.8. The molecule has 1 aromatic heterocycles. The summed E-state index contributed by atoms with van der Waals surface area (Å²) < 4.78 is 56.9. The van der Waals surface area contributed by atoms with E-state index in [1.54, 1.807) is 10.6 Å². The van der Waals surface area contributed by atoms with E-state index in [1.807, 2.05) is 0 Å². The Hall–Kier alpha value is -2.58. The van der Waals surface area contributed by atoms with Crippen molar-refractivity contribution in [3.8, 4) is 0 Å². The van der Waals surface area contributed by atoms with Crippen LogP contribution in [0.15, 0.2) is 42.6 Å². The summed E-state index contributed by atoms with van der Waals surface area (Å²) in [6.07, 6.45) is 0.662. The molecule has 1 aliphatic rings. The summed E-state index contributed by atoms with van der Waals surface area (Å²) in [6, 6.07) is 7.23. The van der Waals surface area contributed by atoms with E-state index in [4.69, 9.17) is 0 Å². The van der Waals surface area contributed by atoms with Gasteiger partial charge in [-0.25, -0.2) is 17.6 Å². The number of fused-ring (bicyclic) bond motifs is 1. The molecule has 2 N–H and O–H groups in total. The van der Waals surface area contributed by atoms with E-state index in [1.165, 1.54) is 24.4 Å². The van der Waals surface area contributed by atoms with Gasteiger partial charge in [0.25, 0.3) is 5.91 Å². The number of halogens is 5. The monoisotopic (exact) mass is 441 g/mol. The van der Waals surface area contributed by atoms with Gasteiger partial charge in [0.2, 0.25) is 0 Å². The fourth-order valence-electron chi connectivity index (χ4n) is 3.68. The highest BCUT2D eigenvalue weighted by Crippen LogP contribution is 2.26. The molecule has 0 radical (unpaired) electrons. The second-order valence-corrected chi connectivity index (χ2v) is 7.14. The lowest BCUT2D eigenvalue weighted by atomic mass is 10.0. The molecule has 1 amide bonds. The molecule has 1 fully saturated rings. The van der Waals surface area contributed by atoms with Crippen LogP contribution in [0.1, 0.15) is 22.3 Å². The summed E-state index contributed by atoms with van der Waals surface area (Å²) in [5.74, 6) is -3.10. The molecule has 2 aromatic carbocycles. The van der Waals surface area contributed by atoms with Gasteiger partial charge in [0.15, 0.2) is 11.6 Å². The van der Waals surface area contributed by atoms with Gasteiger partial charge in [0.05, 0.1) is 17.1 Å². The second-order valence-electron chi connectivity index (χ2n) is 7.14. The topological polar surface area (TPSA) is 46.1 Å². The predicted octanol–water partition coefficient (Wildman–Crippen LogP) is 3.96. The maximum atomic E-state index is 14.5. The van der Waals surface area contributed by atoms with Crippen molar-refractivity contribution in [3.63, 3.8) is 0 Å². The maximum absolute atomic E-state index is 14.5. The number of hydrogen-bond acceptors (Lipinski definition) is 2. The number of alkyl halides is 1. The molecule has 0 spiro atoms. The van der Waals surface area contributed by atoms with Crippen LogP contribution in [0, 0.1) is 17.5 Å². The number of rotatable bonds is 4. The summed E-state index contributed by atoms with van der Waals surface area (Å²) in [6.45, 7) is 0.846. The molecular formula is C21H20ClF4N3O. The molecule has 2 heterocycles. The van der Waals surface area contributed by atoms with Crippen molar-refractivity contribution in [1.82, 2.24) is 15.2 Å². The Kier molecular flexibility index (Phi) is 6.67. The predicted molar refractivity (Wildman–Crippen MR) is 108 cm³/mol. The molecule has 2 atom stereocenters. The number of hydrogen-bond donors (Lipinski definition) is 2. The van der Waals surface area contributed by atoms with E-state index < -0.39 is 35.6 Å². The van der Waals surface area contributed by atoms with Crippen LogP contribution < -0.4 is 10.6 Å². The van der Waals surface area contributed by atoms with Gasteiger partial charge >= 0.3 is 0 Å². The Balaban J connectivity index is 0.00000256. The Bertz CT molecular complexity index is 1070. The van der Waals surface area contributed by atoms with Crippen molar-refractivity contribution < 1.29 is 22.4 Å². The third-order valence-corrected chi connectivity index (χ3v) is 5.16. The minimum Gasteiger partial charge on any atom is -0.346 e. The van der Waals surface area contributed by atoms with Gasteiger partial charge in [-0.1, -0.05) is 12.1 Å². The number of nitrogens with zero attached hydrogens (tertiary/aromatic N) is 1. The van der Waals surface area contributed by atoms with Gasteiger partial charge in [0.1, 0.15) is 12.0 Å². The molecule has 0 bridgehead atoms. The Morgan fingerprint density at radius 1 is 1.13 bits per heavy atom. The van der Waals surface area contributed by atoms with Crippen molar-refractivity contribution >= 4 is 29.2 Å². The second kappa shape index (κ2) is 9.06. The van der Waals surface area contributed by atoms with Crippen molar-refractivity contribution in [2.24, 2.45) is 0 Å². The highest BCUT2D eigenvalue weighted by molar-refractivity contribution is 6.07. The molecule has 4 rings (SSSR count). The lowest BCUT2D eigenvalue weighted by Crippen LogP contribution is -2.50. The first-order valence-electron chi connectivity index (χ1n) is 9.31. The molecule has 1 saturated heterocycles. The van der Waals surface area contributed by atoms with E-state index in [-0.39, 0.29) is 36.4 Å². The largest absolute Gasteiger partial charge is 0.346 e. The Morgan fingerprint density at radius 2 is 1.93 bits per heavy atom. The van der Waals surface area contributed by atoms with Crippen LogP contribution >= 0.6 is 12.4 Å². The third kappa shape index (κ3) is 4.29. The number of amides is 1. The average Bonchev–Trinajstić information content (AvgIpc) is 3.06. The molecule has 0 unspecified atom stereocenters. The summed E-state index contributed by atoms with van der Waals surface area (Å²) >= 11 is 0. The van der Waals surface area contributed by atoms with Crippen LogP contribution in [0.2, 0.25) is 0 Å². The van der Waals surface area contributed by atoms with Gasteiger partial charge in [-0.3, -0.25) is 4.79 Å². The van der Waals surface area contributed by atoms with Crippen LogP contribution in [0.3, 0.4) is 0 Å². The quantitative estimate of drug-likeness (QED) is 0.602. The molecule has 9 heteroatoms. The van der Waals surface area contributed by atoms with E-state index in [9.17, 15) is 22.4 Å². The normalized spacial score (nSPS) is 18.8. The smallest absolute Gasteiger partial charge is 0.253 e. The maximum Gasteiger partial charge on any atom is 0.253 e. The minimum atomic E-state index is -1.23. The number of nitrogens with one attached hydrogen (secondary N) is 2. The van der Waals surface area contributed by atoms with Crippen LogP contribution in [0.4, 0.5) is 17.6 Å². The molecule has 1 aliphatic heterocycles. The van der Waals surface area contributed by atoms with Crippen molar-refractivity contribution in [1.29, 1.82) is 0 Å². The van der Waals surface area contributed by atoms with Gasteiger partial charge in [-0.15, -0.1) is 12.4 Å². The first-order valence-corrected chi connectivity index (χ1v) is 9.31. The molecule has 0 aliphatic carbocycles. The number of carbonyl (C=O) groups excluding carboxylic acids is 1. The van der Waals surface area contributed by atoms with Gasteiger partial charge in [0, 0.05) is 24.7 Å². The van der Waals surface area contributed by atoms with E-state index in [0.717, 1.165) is 12.1 Å². The summed E-state index contributed by atoms with van der Waals surface area (Å²) in [4.78, 5) is 12.8. The van der Waals surface area contributed by atoms with Crippen LogP contribution in [0.5, 0.6) is 0 Å². The minimum absolute atomic E-state index is 0. The van der Waals surface area contributed by atoms with E-state index in [0.29, 0.717) is 24.0 Å². The summed E-state index contributed by atoms with van der Waals surface area (Å²) in [5.41, 5.74) is 0.965. The summed E-state index contributed by atoms with van der Waals surface area (Å²) in [7, 11) is 0. The van der Waals surface area contributed by atoms with Gasteiger partial charge in [-0.05, 0) is 42.8 Å². The Labute approximate surface area is 176 Å². The fourth-order valence-corrected chi connectivity index (χ4v) is 3.68. The summed E-state index contributed by atoms with van der Waals surface area (Å²) in [5, 5.41) is 5.67. The molecule has 0 saturated carbocycles. The number of benzene rings is 2. The standard InChI is InChI=1S/C21H19F4N3O.ClH/c22-14-5-4-12(8-16(14)24)10-28-11-13(20-15(23)2-1-3-19(20)28)21(29)27-18-6-7-26-9-17(18)25;/h1-5,8,11,17-18,26H,6-7,9-10H2,(H,27,29);1H/t17-,18+;/m1./s1. The van der Waals surface area contributed by atoms with Crippen molar-refractivity contribution in [2.75, 3.05) is 13.1 Å². The SMILES string of the molecule is Cl.O=C(N[C@H]1CCNC[C@H]1F)c1cn(Cc2ccc(F)c(F)c2)c2cccc(F)c12. The van der Waals surface area contributed by atoms with Crippen molar-refractivity contribution in [3.05, 3.63) is 71.2 Å². The highest BCUT2D eigenvalue weighted by Gasteiger charge is 2.28. The molecule has 30 heavy (non-hydrogen) atoms. The zero-order chi connectivity index (χ0) is 20.5. The number of piperidine rings is 1. The lowest BCUT2D eigenvalue weighted by molar-refractivity contribution is 0.0893. The first-order chi connectivity index (χ1) is 13.9. The van der Waals surface area contributed by atoms with Gasteiger partial charge < -0.3 is 15.2 Å². The van der Waals surface area contributed by atoms with Crippen molar-refractivity contribution in [2.45, 2.75) is 25.2 Å². The number of carbonyl (C=O) groups is 1. The van der Waals surface area contributed by atoms with Gasteiger partial charge in [-0.2, -0.15) is 0 Å². The lowest BCUT2D eigenvalue weighted by Gasteiger charge is -2.27. The van der Waals surface area contributed by atoms with E-state index in [2.05, 4.69) is 10.6 Å². The van der Waals surface area contributed by atoms with Crippen LogP contribution in [-0.4, -0.2) is 35.8 Å². The molecule has 3 aromatic rings. The average molecular weight is 442 g/mol. The van der Waals surface area contributed by atoms with E-state index >= 15 is 0 Å². The Morgan fingerprint density at radius 3 is 2.67 bits per heavy atom. The first kappa shape index (κ1) is 22.1. The van der Waals surface area contributed by atoms with Crippen LogP contribution in [0.25, 0.3) is 10.9 Å². The fraction of sp³-hybridized carbons (Fsp3) is 0.286. The number of aromatic nitrogens is 1. The molecule has 4 nitrogen and oxygen atoms in total.